The zero-order valence-electron chi connectivity index (χ0n) is 17.4. The van der Waals surface area contributed by atoms with E-state index in [4.69, 9.17) is 0 Å². The van der Waals surface area contributed by atoms with Crippen LogP contribution in [0.3, 0.4) is 0 Å². The first-order valence-electron chi connectivity index (χ1n) is 9.54. The molecule has 12 heteroatoms. The number of halogens is 1. The number of hydrogen-bond donors (Lipinski definition) is 2. The lowest BCUT2D eigenvalue weighted by Gasteiger charge is -2.26. The minimum Gasteiger partial charge on any atom is -0.501 e. The van der Waals surface area contributed by atoms with Gasteiger partial charge in [0.15, 0.2) is 5.69 Å². The van der Waals surface area contributed by atoms with Gasteiger partial charge >= 0.3 is 0 Å². The topological polar surface area (TPSA) is 127 Å². The highest BCUT2D eigenvalue weighted by atomic mass is 32.2. The number of benzene rings is 1. The summed E-state index contributed by atoms with van der Waals surface area (Å²) < 4.78 is 40.6. The van der Waals surface area contributed by atoms with Gasteiger partial charge in [-0.15, -0.1) is 0 Å². The Morgan fingerprint density at radius 2 is 1.94 bits per heavy atom. The van der Waals surface area contributed by atoms with E-state index >= 15 is 0 Å². The molecule has 1 aromatic carbocycles. The summed E-state index contributed by atoms with van der Waals surface area (Å²) in [6.45, 7) is 0.330. The highest BCUT2D eigenvalue weighted by Gasteiger charge is 2.38. The zero-order chi connectivity index (χ0) is 22.9. The molecule has 1 unspecified atom stereocenters. The van der Waals surface area contributed by atoms with E-state index in [1.807, 2.05) is 0 Å². The van der Waals surface area contributed by atoms with Crippen LogP contribution in [0.15, 0.2) is 29.1 Å². The Balaban J connectivity index is 1.93. The first-order chi connectivity index (χ1) is 14.5. The summed E-state index contributed by atoms with van der Waals surface area (Å²) in [6.07, 6.45) is 0.954. The molecular weight excluding hydrogens is 429 g/mol. The zero-order valence-corrected chi connectivity index (χ0v) is 18.2. The van der Waals surface area contributed by atoms with Gasteiger partial charge in [-0.1, -0.05) is 12.1 Å². The molecule has 0 aliphatic carbocycles. The van der Waals surface area contributed by atoms with Gasteiger partial charge in [-0.3, -0.25) is 9.59 Å². The largest absolute Gasteiger partial charge is 0.501 e. The second-order valence-electron chi connectivity index (χ2n) is 7.49. The van der Waals surface area contributed by atoms with Gasteiger partial charge in [0.1, 0.15) is 11.6 Å². The molecule has 1 fully saturated rings. The van der Waals surface area contributed by atoms with Crippen LogP contribution < -0.4 is 5.56 Å². The van der Waals surface area contributed by atoms with Crippen LogP contribution in [-0.4, -0.2) is 70.6 Å². The van der Waals surface area contributed by atoms with Crippen LogP contribution in [0.4, 0.5) is 4.39 Å². The Morgan fingerprint density at radius 1 is 1.29 bits per heavy atom. The van der Waals surface area contributed by atoms with Crippen molar-refractivity contribution in [1.82, 2.24) is 23.5 Å². The van der Waals surface area contributed by atoms with E-state index in [1.54, 1.807) is 0 Å². The molecule has 2 heterocycles. The Bertz CT molecular complexity index is 1130. The maximum Gasteiger partial charge on any atom is 0.293 e. The van der Waals surface area contributed by atoms with E-state index in [0.717, 1.165) is 4.31 Å². The highest BCUT2D eigenvalue weighted by Crippen LogP contribution is 2.33. The predicted molar refractivity (Wildman–Crippen MR) is 110 cm³/mol. The van der Waals surface area contributed by atoms with Gasteiger partial charge in [-0.2, -0.15) is 17.0 Å². The summed E-state index contributed by atoms with van der Waals surface area (Å²) in [5.74, 6) is -2.00. The van der Waals surface area contributed by atoms with Crippen molar-refractivity contribution in [3.05, 3.63) is 57.5 Å². The van der Waals surface area contributed by atoms with E-state index in [9.17, 15) is 27.5 Å². The maximum atomic E-state index is 13.1. The summed E-state index contributed by atoms with van der Waals surface area (Å²) in [6, 6.07) is 4.77. The fourth-order valence-corrected chi connectivity index (χ4v) is 4.71. The molecule has 1 atom stereocenters. The summed E-state index contributed by atoms with van der Waals surface area (Å²) >= 11 is 0. The number of carbonyl (C=O) groups is 1. The summed E-state index contributed by atoms with van der Waals surface area (Å²) in [4.78, 5) is 32.9. The van der Waals surface area contributed by atoms with Gasteiger partial charge in [0, 0.05) is 34.2 Å². The van der Waals surface area contributed by atoms with Crippen molar-refractivity contribution in [3.63, 3.8) is 0 Å². The van der Waals surface area contributed by atoms with Crippen molar-refractivity contribution in [3.8, 4) is 5.75 Å². The molecule has 1 aliphatic rings. The van der Waals surface area contributed by atoms with Crippen LogP contribution in [0.5, 0.6) is 5.75 Å². The highest BCUT2D eigenvalue weighted by molar-refractivity contribution is 7.86. The lowest BCUT2D eigenvalue weighted by Crippen LogP contribution is -2.40. The normalized spacial score (nSPS) is 17.3. The Labute approximate surface area is 179 Å². The van der Waals surface area contributed by atoms with Crippen molar-refractivity contribution in [1.29, 1.82) is 0 Å². The molecule has 2 N–H and O–H groups in total. The Morgan fingerprint density at radius 3 is 2.55 bits per heavy atom. The number of carbonyl (C=O) groups excluding carboxylic acids is 1. The Kier molecular flexibility index (Phi) is 6.43. The third-order valence-electron chi connectivity index (χ3n) is 5.07. The lowest BCUT2D eigenvalue weighted by atomic mass is 10.2. The molecule has 1 amide bonds. The molecule has 0 spiro atoms. The quantitative estimate of drug-likeness (QED) is 0.667. The number of amides is 1. The second kappa shape index (κ2) is 8.73. The van der Waals surface area contributed by atoms with Crippen molar-refractivity contribution in [2.45, 2.75) is 25.4 Å². The first kappa shape index (κ1) is 22.8. The van der Waals surface area contributed by atoms with E-state index < -0.39 is 45.0 Å². The fourth-order valence-electron chi connectivity index (χ4n) is 3.41. The molecule has 0 saturated carbocycles. The van der Waals surface area contributed by atoms with Crippen LogP contribution in [0, 0.1) is 5.82 Å². The number of aromatic amines is 1. The summed E-state index contributed by atoms with van der Waals surface area (Å²) in [7, 11) is 0.476. The van der Waals surface area contributed by atoms with E-state index in [1.165, 1.54) is 54.6 Å². The molecule has 1 saturated heterocycles. The Hall–Kier alpha value is -2.83. The van der Waals surface area contributed by atoms with Gasteiger partial charge in [0.05, 0.1) is 6.04 Å². The van der Waals surface area contributed by atoms with Gasteiger partial charge in [-0.05, 0) is 30.5 Å². The van der Waals surface area contributed by atoms with E-state index in [-0.39, 0.29) is 18.9 Å². The maximum absolute atomic E-state index is 13.1. The average molecular weight is 453 g/mol. The predicted octanol–water partition coefficient (Wildman–Crippen LogP) is 0.830. The second-order valence-corrected chi connectivity index (χ2v) is 9.59. The fraction of sp³-hybridized carbons (Fsp3) is 0.421. The van der Waals surface area contributed by atoms with Crippen LogP contribution in [-0.2, 0) is 16.8 Å². The molecule has 0 bridgehead atoms. The molecule has 31 heavy (non-hydrogen) atoms. The van der Waals surface area contributed by atoms with E-state index in [0.29, 0.717) is 18.4 Å². The number of aromatic hydroxyl groups is 1. The summed E-state index contributed by atoms with van der Waals surface area (Å²) in [5, 5.41) is 10.2. The van der Waals surface area contributed by atoms with Crippen LogP contribution in [0.1, 0.15) is 40.8 Å². The number of hydrogen-bond acceptors (Lipinski definition) is 6. The van der Waals surface area contributed by atoms with Crippen molar-refractivity contribution >= 4 is 16.1 Å². The molecule has 1 aromatic heterocycles. The number of rotatable bonds is 6. The van der Waals surface area contributed by atoms with Crippen molar-refractivity contribution < 1.29 is 22.7 Å². The van der Waals surface area contributed by atoms with Gasteiger partial charge in [0.2, 0.25) is 5.75 Å². The number of nitrogens with one attached hydrogen (secondary N) is 1. The van der Waals surface area contributed by atoms with Crippen molar-refractivity contribution in [2.24, 2.45) is 0 Å². The van der Waals surface area contributed by atoms with Crippen LogP contribution >= 0.6 is 0 Å². The lowest BCUT2D eigenvalue weighted by molar-refractivity contribution is 0.0774. The number of aromatic nitrogens is 2. The minimum atomic E-state index is -3.77. The molecule has 10 nitrogen and oxygen atoms in total. The van der Waals surface area contributed by atoms with Gasteiger partial charge in [-0.25, -0.2) is 9.37 Å². The molecule has 0 radical (unpaired) electrons. The minimum absolute atomic E-state index is 0.00995. The number of H-pyrrole nitrogens is 1. The third kappa shape index (κ3) is 4.60. The van der Waals surface area contributed by atoms with Crippen LogP contribution in [0.25, 0.3) is 0 Å². The smallest absolute Gasteiger partial charge is 0.293 e. The SMILES string of the molecule is CN(Cc1ccc(F)cc1)C(=O)c1nc(C2CCCN2S(=O)(=O)N(C)C)[nH]c(=O)c1O. The molecular formula is C19H24FN5O5S. The van der Waals surface area contributed by atoms with Gasteiger partial charge in [0.25, 0.3) is 21.7 Å². The van der Waals surface area contributed by atoms with E-state index in [2.05, 4.69) is 9.97 Å². The molecule has 168 valence electrons. The average Bonchev–Trinajstić information content (AvgIpc) is 3.21. The monoisotopic (exact) mass is 453 g/mol. The molecule has 2 aromatic rings. The van der Waals surface area contributed by atoms with Crippen LogP contribution in [0.2, 0.25) is 0 Å². The molecule has 3 rings (SSSR count). The standard InChI is InChI=1S/C19H24FN5O5S/c1-23(2)31(29,30)25-10-4-5-14(25)17-21-15(16(26)18(27)22-17)19(28)24(3)11-12-6-8-13(20)9-7-12/h6-9,14,26H,4-5,10-11H2,1-3H3,(H,21,22,27). The van der Waals surface area contributed by atoms with Gasteiger partial charge < -0.3 is 15.0 Å². The molecule has 1 aliphatic heterocycles. The number of nitrogens with zero attached hydrogens (tertiary/aromatic N) is 4. The summed E-state index contributed by atoms with van der Waals surface area (Å²) in [5.41, 5.74) is -0.768. The first-order valence-corrected chi connectivity index (χ1v) is 10.9. The third-order valence-corrected chi connectivity index (χ3v) is 7.03. The van der Waals surface area contributed by atoms with Crippen molar-refractivity contribution in [2.75, 3.05) is 27.7 Å².